The van der Waals surface area contributed by atoms with Crippen LogP contribution in [0.2, 0.25) is 0 Å². The van der Waals surface area contributed by atoms with Crippen molar-refractivity contribution >= 4 is 14.5 Å². The van der Waals surface area contributed by atoms with Crippen LogP contribution in [0, 0.1) is 0 Å². The normalized spacial score (nSPS) is 12.0. The molecular formula is C6H16BF4P. The smallest absolute Gasteiger partial charge is 0.418 e. The molecule has 0 N–H and O–H groups in total. The molecule has 0 nitrogen and oxygen atoms in total. The lowest BCUT2D eigenvalue weighted by Gasteiger charge is -2.11. The minimum absolute atomic E-state index is 0.404. The largest absolute Gasteiger partial charge is 0.673 e. The summed E-state index contributed by atoms with van der Waals surface area (Å²) in [4.78, 5) is 0. The molecule has 0 unspecified atom stereocenters. The zero-order valence-corrected chi connectivity index (χ0v) is 8.85. The maximum atomic E-state index is 9.75. The quantitative estimate of drug-likeness (QED) is 0.367. The van der Waals surface area contributed by atoms with Crippen molar-refractivity contribution < 1.29 is 17.3 Å². The van der Waals surface area contributed by atoms with Gasteiger partial charge in [-0.15, -0.1) is 0 Å². The van der Waals surface area contributed by atoms with Crippen LogP contribution in [0.3, 0.4) is 0 Å². The first-order valence-electron chi connectivity index (χ1n) is 3.81. The van der Waals surface area contributed by atoms with Crippen LogP contribution in [0.25, 0.3) is 0 Å². The Balaban J connectivity index is 0. The van der Waals surface area contributed by atoms with Gasteiger partial charge in [0, 0.05) is 20.6 Å². The van der Waals surface area contributed by atoms with E-state index in [4.69, 9.17) is 0 Å². The fourth-order valence-electron chi connectivity index (χ4n) is 0.224. The summed E-state index contributed by atoms with van der Waals surface area (Å²) in [7, 11) is -6.40. The van der Waals surface area contributed by atoms with Gasteiger partial charge in [0.15, 0.2) is 0 Å². The Morgan fingerprint density at radius 1 is 0.917 bits per heavy atom. The van der Waals surface area contributed by atoms with Crippen LogP contribution in [0.1, 0.15) is 13.8 Å². The summed E-state index contributed by atoms with van der Waals surface area (Å²) in [5, 5.41) is 0. The molecule has 0 fully saturated rings. The first kappa shape index (κ1) is 14.7. The van der Waals surface area contributed by atoms with E-state index >= 15 is 0 Å². The van der Waals surface area contributed by atoms with Crippen molar-refractivity contribution in [3.05, 3.63) is 0 Å². The zero-order valence-electron chi connectivity index (χ0n) is 7.95. The van der Waals surface area contributed by atoms with Crippen molar-refractivity contribution in [1.29, 1.82) is 0 Å². The molecule has 12 heavy (non-hydrogen) atoms. The molecule has 0 aliphatic rings. The number of rotatable bonds is 2. The number of hydrogen-bond acceptors (Lipinski definition) is 0. The molecular weight excluding hydrogens is 190 g/mol. The molecule has 0 aliphatic carbocycles. The van der Waals surface area contributed by atoms with E-state index in [1.165, 1.54) is 12.3 Å². The molecule has 0 amide bonds. The van der Waals surface area contributed by atoms with Crippen molar-refractivity contribution in [1.82, 2.24) is 0 Å². The Kier molecular flexibility index (Phi) is 7.11. The minimum atomic E-state index is -6.00. The van der Waals surface area contributed by atoms with Crippen LogP contribution in [0.15, 0.2) is 0 Å². The first-order chi connectivity index (χ1) is 5.12. The molecule has 6 heteroatoms. The minimum Gasteiger partial charge on any atom is -0.418 e. The molecule has 0 saturated carbocycles. The van der Waals surface area contributed by atoms with Crippen LogP contribution >= 0.6 is 7.26 Å². The van der Waals surface area contributed by atoms with E-state index in [0.29, 0.717) is 0 Å². The summed E-state index contributed by atoms with van der Waals surface area (Å²) in [5.41, 5.74) is 0. The molecule has 0 aromatic carbocycles. The number of hydrogen-bond donors (Lipinski definition) is 0. The van der Waals surface area contributed by atoms with Gasteiger partial charge in [-0.1, -0.05) is 0 Å². The van der Waals surface area contributed by atoms with E-state index in [-0.39, 0.29) is 0 Å². The third-order valence-corrected chi connectivity index (χ3v) is 5.14. The predicted octanol–water partition coefficient (Wildman–Crippen LogP) is 3.60. The van der Waals surface area contributed by atoms with Crippen molar-refractivity contribution in [2.75, 3.05) is 25.7 Å². The van der Waals surface area contributed by atoms with Gasteiger partial charge in [0.25, 0.3) is 0 Å². The Bertz CT molecular complexity index is 101. The average Bonchev–Trinajstić information content (AvgIpc) is 1.85. The molecule has 0 heterocycles. The summed E-state index contributed by atoms with van der Waals surface area (Å²) in [5.74, 6) is 0. The molecule has 0 aromatic rings. The van der Waals surface area contributed by atoms with Gasteiger partial charge >= 0.3 is 7.25 Å². The van der Waals surface area contributed by atoms with Crippen LogP contribution in [-0.4, -0.2) is 32.9 Å². The van der Waals surface area contributed by atoms with Crippen molar-refractivity contribution in [3.63, 3.8) is 0 Å². The van der Waals surface area contributed by atoms with E-state index in [1.807, 2.05) is 0 Å². The van der Waals surface area contributed by atoms with Crippen molar-refractivity contribution in [3.8, 4) is 0 Å². The van der Waals surface area contributed by atoms with Crippen LogP contribution in [0.5, 0.6) is 0 Å². The van der Waals surface area contributed by atoms with Gasteiger partial charge in [0.1, 0.15) is 0 Å². The second kappa shape index (κ2) is 5.79. The van der Waals surface area contributed by atoms with Gasteiger partial charge in [-0.05, 0) is 13.8 Å². The second-order valence-corrected chi connectivity index (χ2v) is 8.20. The van der Waals surface area contributed by atoms with Crippen LogP contribution in [-0.2, 0) is 0 Å². The highest BCUT2D eigenvalue weighted by molar-refractivity contribution is 7.74. The third kappa shape index (κ3) is 22.5. The van der Waals surface area contributed by atoms with E-state index in [1.54, 1.807) is 0 Å². The molecule has 0 saturated heterocycles. The van der Waals surface area contributed by atoms with E-state index in [0.717, 1.165) is 0 Å². The monoisotopic (exact) mass is 206 g/mol. The fourth-order valence-corrected chi connectivity index (χ4v) is 0.671. The third-order valence-electron chi connectivity index (χ3n) is 1.71. The molecule has 76 valence electrons. The second-order valence-electron chi connectivity index (χ2n) is 3.06. The Morgan fingerprint density at radius 3 is 1.08 bits per heavy atom. The van der Waals surface area contributed by atoms with Gasteiger partial charge in [0.2, 0.25) is 0 Å². The maximum Gasteiger partial charge on any atom is 0.673 e. The van der Waals surface area contributed by atoms with Gasteiger partial charge < -0.3 is 17.3 Å². The summed E-state index contributed by atoms with van der Waals surface area (Å²) in [6.07, 6.45) is 2.81. The maximum absolute atomic E-state index is 9.75. The highest BCUT2D eigenvalue weighted by Crippen LogP contribution is 2.49. The number of halogens is 4. The highest BCUT2D eigenvalue weighted by atomic mass is 31.2. The topological polar surface area (TPSA) is 0 Å². The van der Waals surface area contributed by atoms with Crippen molar-refractivity contribution in [2.45, 2.75) is 13.8 Å². The summed E-state index contributed by atoms with van der Waals surface area (Å²) >= 11 is 0. The molecule has 0 atom stereocenters. The Labute approximate surface area is 72.2 Å². The SMILES string of the molecule is CC[P+](C)(C)CC.F[B-](F)(F)F. The molecule has 0 radical (unpaired) electrons. The van der Waals surface area contributed by atoms with Crippen LogP contribution in [0.4, 0.5) is 17.3 Å². The fraction of sp³-hybridized carbons (Fsp3) is 1.00. The molecule has 0 bridgehead atoms. The van der Waals surface area contributed by atoms with Gasteiger partial charge in [-0.2, -0.15) is 0 Å². The first-order valence-corrected chi connectivity index (χ1v) is 6.87. The van der Waals surface area contributed by atoms with Crippen molar-refractivity contribution in [2.24, 2.45) is 0 Å². The van der Waals surface area contributed by atoms with E-state index in [2.05, 4.69) is 27.2 Å². The summed E-state index contributed by atoms with van der Waals surface area (Å²) < 4.78 is 39.0. The van der Waals surface area contributed by atoms with Gasteiger partial charge in [-0.25, -0.2) is 0 Å². The Morgan fingerprint density at radius 2 is 1.08 bits per heavy atom. The summed E-state index contributed by atoms with van der Waals surface area (Å²) in [6, 6.07) is 0. The van der Waals surface area contributed by atoms with Gasteiger partial charge in [0.05, 0.1) is 12.3 Å². The Hall–Kier alpha value is 0.215. The van der Waals surface area contributed by atoms with Gasteiger partial charge in [-0.3, -0.25) is 0 Å². The highest BCUT2D eigenvalue weighted by Gasteiger charge is 2.20. The van der Waals surface area contributed by atoms with Crippen LogP contribution < -0.4 is 0 Å². The predicted molar refractivity (Wildman–Crippen MR) is 50.0 cm³/mol. The average molecular weight is 206 g/mol. The zero-order chi connectivity index (χ0) is 10.4. The lowest BCUT2D eigenvalue weighted by Crippen LogP contribution is -2.02. The lowest BCUT2D eigenvalue weighted by molar-refractivity contribution is 0.368. The lowest BCUT2D eigenvalue weighted by atomic mass is 10.3. The molecule has 0 aromatic heterocycles. The van der Waals surface area contributed by atoms with E-state index < -0.39 is 14.5 Å². The summed E-state index contributed by atoms with van der Waals surface area (Å²) in [6.45, 7) is 9.40. The molecule has 0 rings (SSSR count). The molecule has 0 spiro atoms. The molecule has 0 aliphatic heterocycles. The standard InChI is InChI=1S/C6H16P.BF4/c1-5-7(3,4)6-2;2-1(3,4)5/h5-6H2,1-4H3;/q+1;-1. The van der Waals surface area contributed by atoms with E-state index in [9.17, 15) is 17.3 Å².